The Morgan fingerprint density at radius 2 is 1.68 bits per heavy atom. The first kappa shape index (κ1) is 20.4. The number of carbonyl (C=O) groups is 2. The van der Waals surface area contributed by atoms with Crippen molar-refractivity contribution in [3.63, 3.8) is 0 Å². The maximum Gasteiger partial charge on any atom is 0.457 e. The van der Waals surface area contributed by atoms with Crippen molar-refractivity contribution in [3.05, 3.63) is 0 Å². The van der Waals surface area contributed by atoms with Gasteiger partial charge in [-0.05, 0) is 59.7 Å². The monoisotopic (exact) mass is 351 g/mol. The molecule has 2 unspecified atom stereocenters. The summed E-state index contributed by atoms with van der Waals surface area (Å²) in [6.07, 6.45) is 6.41. The molecular weight excluding hydrogens is 317 g/mol. The Labute approximate surface area is 152 Å². The molecule has 2 fully saturated rings. The van der Waals surface area contributed by atoms with Crippen LogP contribution in [0.1, 0.15) is 80.1 Å². The highest BCUT2D eigenvalue weighted by molar-refractivity contribution is 6.45. The van der Waals surface area contributed by atoms with Crippen molar-refractivity contribution < 1.29 is 18.9 Å². The van der Waals surface area contributed by atoms with E-state index in [9.17, 15) is 9.59 Å². The van der Waals surface area contributed by atoms with Gasteiger partial charge in [0.2, 0.25) is 5.91 Å². The van der Waals surface area contributed by atoms with Crippen LogP contribution in [-0.2, 0) is 18.9 Å². The molecule has 1 saturated heterocycles. The lowest BCUT2D eigenvalue weighted by molar-refractivity contribution is -0.130. The minimum atomic E-state index is -0.692. The van der Waals surface area contributed by atoms with Gasteiger partial charge in [-0.25, -0.2) is 0 Å². The SMILES string of the molecule is CC(=O)NC1(C(C)=O)CCCCC(CCB2OC(C)(C)C(C)(C)O2)C1. The van der Waals surface area contributed by atoms with E-state index in [1.54, 1.807) is 6.92 Å². The fourth-order valence-electron chi connectivity index (χ4n) is 4.12. The van der Waals surface area contributed by atoms with Crippen molar-refractivity contribution in [2.45, 2.75) is 103 Å². The number of ketones is 1. The van der Waals surface area contributed by atoms with Crippen LogP contribution in [0, 0.1) is 5.92 Å². The van der Waals surface area contributed by atoms with Gasteiger partial charge in [0.25, 0.3) is 0 Å². The van der Waals surface area contributed by atoms with Gasteiger partial charge >= 0.3 is 7.12 Å². The molecule has 2 atom stereocenters. The molecule has 0 aromatic heterocycles. The van der Waals surface area contributed by atoms with E-state index in [2.05, 4.69) is 33.0 Å². The summed E-state index contributed by atoms with van der Waals surface area (Å²) in [5.41, 5.74) is -1.30. The molecule has 5 nitrogen and oxygen atoms in total. The van der Waals surface area contributed by atoms with Gasteiger partial charge in [-0.15, -0.1) is 0 Å². The molecule has 1 heterocycles. The van der Waals surface area contributed by atoms with Crippen LogP contribution in [0.3, 0.4) is 0 Å². The Kier molecular flexibility index (Phi) is 6.05. The second-order valence-corrected chi connectivity index (χ2v) is 8.90. The number of nitrogens with one attached hydrogen (secondary N) is 1. The largest absolute Gasteiger partial charge is 0.457 e. The molecule has 0 aromatic rings. The second-order valence-electron chi connectivity index (χ2n) is 8.90. The van der Waals surface area contributed by atoms with Gasteiger partial charge < -0.3 is 14.6 Å². The zero-order chi connectivity index (χ0) is 18.9. The van der Waals surface area contributed by atoms with E-state index in [4.69, 9.17) is 9.31 Å². The van der Waals surface area contributed by atoms with E-state index < -0.39 is 5.54 Å². The molecule has 1 saturated carbocycles. The summed E-state index contributed by atoms with van der Waals surface area (Å²) in [6, 6.07) is 0. The van der Waals surface area contributed by atoms with Gasteiger partial charge in [-0.2, -0.15) is 0 Å². The second kappa shape index (κ2) is 7.39. The van der Waals surface area contributed by atoms with E-state index in [0.717, 1.165) is 44.8 Å². The highest BCUT2D eigenvalue weighted by Gasteiger charge is 2.51. The number of rotatable bonds is 5. The van der Waals surface area contributed by atoms with E-state index in [1.165, 1.54) is 6.92 Å². The first-order valence-corrected chi connectivity index (χ1v) is 9.63. The van der Waals surface area contributed by atoms with Crippen molar-refractivity contribution in [1.82, 2.24) is 5.32 Å². The maximum atomic E-state index is 12.3. The Hall–Kier alpha value is -0.875. The molecule has 1 amide bonds. The van der Waals surface area contributed by atoms with Crippen LogP contribution in [-0.4, -0.2) is 35.5 Å². The molecular formula is C19H34BNO4. The summed E-state index contributed by atoms with van der Waals surface area (Å²) in [6.45, 7) is 11.4. The van der Waals surface area contributed by atoms with Crippen molar-refractivity contribution in [3.8, 4) is 0 Å². The number of hydrogen-bond donors (Lipinski definition) is 1. The lowest BCUT2D eigenvalue weighted by Crippen LogP contribution is -2.53. The Bertz CT molecular complexity index is 504. The molecule has 2 aliphatic rings. The van der Waals surface area contributed by atoms with E-state index in [1.807, 2.05) is 0 Å². The van der Waals surface area contributed by atoms with Gasteiger partial charge in [0.05, 0.1) is 16.7 Å². The summed E-state index contributed by atoms with van der Waals surface area (Å²) < 4.78 is 12.2. The number of amides is 1. The van der Waals surface area contributed by atoms with E-state index in [-0.39, 0.29) is 30.0 Å². The molecule has 1 N–H and O–H groups in total. The highest BCUT2D eigenvalue weighted by atomic mass is 16.7. The molecule has 0 bridgehead atoms. The highest BCUT2D eigenvalue weighted by Crippen LogP contribution is 2.40. The number of Topliss-reactive ketones (excluding diaryl/α,β-unsaturated/α-hetero) is 1. The Morgan fingerprint density at radius 3 is 2.20 bits per heavy atom. The number of carbonyl (C=O) groups excluding carboxylic acids is 2. The molecule has 6 heteroatoms. The van der Waals surface area contributed by atoms with Crippen LogP contribution in [0.5, 0.6) is 0 Å². The molecule has 25 heavy (non-hydrogen) atoms. The van der Waals surface area contributed by atoms with Crippen molar-refractivity contribution in [2.24, 2.45) is 5.92 Å². The third kappa shape index (κ3) is 4.65. The topological polar surface area (TPSA) is 64.6 Å². The predicted molar refractivity (Wildman–Crippen MR) is 99.3 cm³/mol. The predicted octanol–water partition coefficient (Wildman–Crippen LogP) is 3.51. The summed E-state index contributed by atoms with van der Waals surface area (Å²) >= 11 is 0. The lowest BCUT2D eigenvalue weighted by atomic mass is 9.75. The molecule has 1 aliphatic carbocycles. The van der Waals surface area contributed by atoms with Gasteiger partial charge in [-0.3, -0.25) is 9.59 Å². The van der Waals surface area contributed by atoms with Crippen LogP contribution in [0.25, 0.3) is 0 Å². The standard InChI is InChI=1S/C19H34BNO4/c1-14(22)19(21-15(2)23)11-8-7-9-16(13-19)10-12-20-24-17(3,4)18(5,6)25-20/h16H,7-13H2,1-6H3,(H,21,23). The average molecular weight is 351 g/mol. The summed E-state index contributed by atoms with van der Waals surface area (Å²) in [7, 11) is -0.194. The summed E-state index contributed by atoms with van der Waals surface area (Å²) in [4.78, 5) is 24.0. The molecule has 0 spiro atoms. The Morgan fingerprint density at radius 1 is 1.08 bits per heavy atom. The van der Waals surface area contributed by atoms with E-state index >= 15 is 0 Å². The first-order chi connectivity index (χ1) is 11.5. The van der Waals surface area contributed by atoms with Crippen LogP contribution in [0.2, 0.25) is 6.32 Å². The fourth-order valence-corrected chi connectivity index (χ4v) is 4.12. The van der Waals surface area contributed by atoms with Gasteiger partial charge in [0.15, 0.2) is 5.78 Å². The number of hydrogen-bond acceptors (Lipinski definition) is 4. The van der Waals surface area contributed by atoms with Crippen molar-refractivity contribution >= 4 is 18.8 Å². The summed E-state index contributed by atoms with van der Waals surface area (Å²) in [5, 5.41) is 2.97. The quantitative estimate of drug-likeness (QED) is 0.608. The molecule has 0 aromatic carbocycles. The fraction of sp³-hybridized carbons (Fsp3) is 0.895. The van der Waals surface area contributed by atoms with Gasteiger partial charge in [-0.1, -0.05) is 25.7 Å². The zero-order valence-electron chi connectivity index (χ0n) is 16.7. The smallest absolute Gasteiger partial charge is 0.403 e. The average Bonchev–Trinajstić information content (AvgIpc) is 2.62. The van der Waals surface area contributed by atoms with Crippen LogP contribution < -0.4 is 5.32 Å². The lowest BCUT2D eigenvalue weighted by Gasteiger charge is -2.33. The van der Waals surface area contributed by atoms with Crippen LogP contribution in [0.15, 0.2) is 0 Å². The Balaban J connectivity index is 1.99. The van der Waals surface area contributed by atoms with Gasteiger partial charge in [0, 0.05) is 6.92 Å². The summed E-state index contributed by atoms with van der Waals surface area (Å²) in [5.74, 6) is 0.351. The van der Waals surface area contributed by atoms with Gasteiger partial charge in [0.1, 0.15) is 0 Å². The molecule has 0 radical (unpaired) electrons. The normalized spacial score (nSPS) is 31.4. The minimum absolute atomic E-state index is 0.0743. The van der Waals surface area contributed by atoms with Crippen molar-refractivity contribution in [2.75, 3.05) is 0 Å². The zero-order valence-corrected chi connectivity index (χ0v) is 16.7. The maximum absolute atomic E-state index is 12.3. The third-order valence-electron chi connectivity index (χ3n) is 6.30. The third-order valence-corrected chi connectivity index (χ3v) is 6.30. The molecule has 142 valence electrons. The van der Waals surface area contributed by atoms with Crippen LogP contribution >= 0.6 is 0 Å². The van der Waals surface area contributed by atoms with Crippen LogP contribution in [0.4, 0.5) is 0 Å². The molecule has 2 rings (SSSR count). The van der Waals surface area contributed by atoms with E-state index in [0.29, 0.717) is 5.92 Å². The van der Waals surface area contributed by atoms with Crippen molar-refractivity contribution in [1.29, 1.82) is 0 Å². The minimum Gasteiger partial charge on any atom is -0.403 e. The molecule has 1 aliphatic heterocycles. The first-order valence-electron chi connectivity index (χ1n) is 9.63.